The lowest BCUT2D eigenvalue weighted by Gasteiger charge is -2.35. The van der Waals surface area contributed by atoms with E-state index in [4.69, 9.17) is 5.10 Å². The fraction of sp³-hybridized carbons (Fsp3) is 0.375. The molecule has 4 aliphatic rings. The second-order valence-corrected chi connectivity index (χ2v) is 12.4. The van der Waals surface area contributed by atoms with Gasteiger partial charge in [0.05, 0.1) is 40.3 Å². The number of halogens is 1. The van der Waals surface area contributed by atoms with Crippen LogP contribution in [-0.2, 0) is 16.6 Å². The van der Waals surface area contributed by atoms with Crippen LogP contribution in [0.5, 0.6) is 0 Å². The molecule has 2 aliphatic heterocycles. The number of imide groups is 2. The number of benzene rings is 1. The summed E-state index contributed by atoms with van der Waals surface area (Å²) >= 11 is 0. The maximum absolute atomic E-state index is 14.5. The molecule has 5 heterocycles. The van der Waals surface area contributed by atoms with Gasteiger partial charge in [-0.3, -0.25) is 39.1 Å². The van der Waals surface area contributed by atoms with Gasteiger partial charge in [-0.05, 0) is 62.3 Å². The molecular weight excluding hydrogens is 565 g/mol. The zero-order chi connectivity index (χ0) is 30.3. The van der Waals surface area contributed by atoms with Crippen molar-refractivity contribution in [3.05, 3.63) is 65.5 Å². The van der Waals surface area contributed by atoms with Gasteiger partial charge in [-0.15, -0.1) is 0 Å². The fourth-order valence-electron chi connectivity index (χ4n) is 6.84. The van der Waals surface area contributed by atoms with E-state index in [9.17, 15) is 23.6 Å². The second-order valence-electron chi connectivity index (χ2n) is 12.4. The maximum atomic E-state index is 14.5. The second kappa shape index (κ2) is 9.83. The first-order valence-corrected chi connectivity index (χ1v) is 15.0. The number of piperidine rings is 1. The molecule has 2 N–H and O–H groups in total. The van der Waals surface area contributed by atoms with Gasteiger partial charge in [0.25, 0.3) is 11.8 Å². The van der Waals surface area contributed by atoms with E-state index in [2.05, 4.69) is 26.5 Å². The van der Waals surface area contributed by atoms with Gasteiger partial charge in [0, 0.05) is 55.0 Å². The number of carbonyl (C=O) groups is 4. The lowest BCUT2D eigenvalue weighted by Crippen LogP contribution is -2.54. The first kappa shape index (κ1) is 26.7. The monoisotopic (exact) mass is 595 g/mol. The topological polar surface area (TPSA) is 131 Å². The van der Waals surface area contributed by atoms with Crippen molar-refractivity contribution in [1.29, 1.82) is 0 Å². The lowest BCUT2D eigenvalue weighted by atomic mass is 9.80. The van der Waals surface area contributed by atoms with Gasteiger partial charge in [0.1, 0.15) is 6.04 Å². The van der Waals surface area contributed by atoms with Crippen LogP contribution in [0.2, 0.25) is 0 Å². The molecule has 1 atom stereocenters. The van der Waals surface area contributed by atoms with Crippen LogP contribution in [0, 0.1) is 11.7 Å². The largest absolute Gasteiger partial charge is 0.385 e. The van der Waals surface area contributed by atoms with Crippen molar-refractivity contribution in [3.63, 3.8) is 0 Å². The molecule has 0 spiro atoms. The van der Waals surface area contributed by atoms with Crippen molar-refractivity contribution in [2.75, 3.05) is 11.9 Å². The summed E-state index contributed by atoms with van der Waals surface area (Å²) in [6.45, 7) is 0.696. The Morgan fingerprint density at radius 2 is 1.82 bits per heavy atom. The van der Waals surface area contributed by atoms with Crippen LogP contribution in [0.3, 0.4) is 0 Å². The molecule has 3 aromatic heterocycles. The SMILES string of the molecule is Cn1ccc2c(-c3cn([C@H]4C[C@H](CNc5ccc6c(c5)C(=O)N(C5CCC(=O)NC5=O)C6=O)C4)nc3C3CC3)ncc(F)c21. The third-order valence-electron chi connectivity index (χ3n) is 9.46. The number of hydrogen-bond donors (Lipinski definition) is 2. The zero-order valence-electron chi connectivity index (χ0n) is 24.0. The summed E-state index contributed by atoms with van der Waals surface area (Å²) in [7, 11) is 1.83. The Labute approximate surface area is 251 Å². The number of rotatable bonds is 7. The minimum Gasteiger partial charge on any atom is -0.385 e. The highest BCUT2D eigenvalue weighted by Crippen LogP contribution is 2.46. The number of amides is 4. The molecule has 224 valence electrons. The number of hydrogen-bond acceptors (Lipinski definition) is 7. The van der Waals surface area contributed by atoms with Gasteiger partial charge < -0.3 is 9.88 Å². The Bertz CT molecular complexity index is 1900. The Kier molecular flexibility index (Phi) is 5.97. The molecule has 2 saturated carbocycles. The summed E-state index contributed by atoms with van der Waals surface area (Å²) in [5.74, 6) is -1.58. The standard InChI is InChI=1S/C32H30FN7O4/c1-38-9-8-21-28(35-14-24(33)29(21)38)23-15-39(37-27(23)17-2-3-17)19-10-16(11-19)13-34-18-4-5-20-22(12-18)32(44)40(31(20)43)25-6-7-26(41)36-30(25)42/h4-5,8-9,12,14-17,19,25,34H,2-3,6-7,10-11,13H2,1H3,(H,36,41,42)/t16-,19-,25?. The Hall–Kier alpha value is -4.87. The van der Waals surface area contributed by atoms with Crippen LogP contribution in [0.1, 0.15) is 76.9 Å². The molecule has 11 nitrogen and oxygen atoms in total. The summed E-state index contributed by atoms with van der Waals surface area (Å²) in [4.78, 5) is 55.4. The summed E-state index contributed by atoms with van der Waals surface area (Å²) < 4.78 is 18.4. The van der Waals surface area contributed by atoms with E-state index in [0.29, 0.717) is 23.9 Å². The molecule has 8 rings (SSSR count). The smallest absolute Gasteiger partial charge is 0.262 e. The van der Waals surface area contributed by atoms with Crippen LogP contribution in [-0.4, -0.2) is 60.4 Å². The molecule has 44 heavy (non-hydrogen) atoms. The molecule has 0 bridgehead atoms. The molecule has 0 radical (unpaired) electrons. The first-order valence-electron chi connectivity index (χ1n) is 15.0. The van der Waals surface area contributed by atoms with Crippen molar-refractivity contribution < 1.29 is 23.6 Å². The molecule has 1 aromatic carbocycles. The van der Waals surface area contributed by atoms with Gasteiger partial charge in [0.15, 0.2) is 5.82 Å². The van der Waals surface area contributed by atoms with Crippen molar-refractivity contribution in [3.8, 4) is 11.3 Å². The van der Waals surface area contributed by atoms with Gasteiger partial charge in [-0.25, -0.2) is 4.39 Å². The summed E-state index contributed by atoms with van der Waals surface area (Å²) in [6.07, 6.45) is 9.50. The Balaban J connectivity index is 0.941. The number of anilines is 1. The van der Waals surface area contributed by atoms with E-state index < -0.39 is 29.7 Å². The summed E-state index contributed by atoms with van der Waals surface area (Å²) in [5, 5.41) is 11.4. The first-order chi connectivity index (χ1) is 21.3. The van der Waals surface area contributed by atoms with Crippen molar-refractivity contribution >= 4 is 40.2 Å². The normalized spacial score (nSPS) is 23.2. The average Bonchev–Trinajstić information content (AvgIpc) is 3.54. The predicted octanol–water partition coefficient (Wildman–Crippen LogP) is 3.92. The van der Waals surface area contributed by atoms with Crippen LogP contribution < -0.4 is 10.6 Å². The fourth-order valence-corrected chi connectivity index (χ4v) is 6.84. The van der Waals surface area contributed by atoms with Crippen LogP contribution >= 0.6 is 0 Å². The molecule has 4 amide bonds. The van der Waals surface area contributed by atoms with E-state index >= 15 is 0 Å². The van der Waals surface area contributed by atoms with E-state index in [1.165, 1.54) is 6.20 Å². The van der Waals surface area contributed by atoms with Crippen LogP contribution in [0.25, 0.3) is 22.2 Å². The van der Waals surface area contributed by atoms with Crippen LogP contribution in [0.4, 0.5) is 10.1 Å². The summed E-state index contributed by atoms with van der Waals surface area (Å²) in [6, 6.07) is 6.24. The third-order valence-corrected chi connectivity index (χ3v) is 9.46. The van der Waals surface area contributed by atoms with Crippen LogP contribution in [0.15, 0.2) is 42.9 Å². The minimum atomic E-state index is -0.982. The number of aromatic nitrogens is 4. The zero-order valence-corrected chi connectivity index (χ0v) is 24.0. The van der Waals surface area contributed by atoms with Crippen molar-refractivity contribution in [2.45, 2.75) is 56.5 Å². The highest BCUT2D eigenvalue weighted by atomic mass is 19.1. The average molecular weight is 596 g/mol. The lowest BCUT2D eigenvalue weighted by molar-refractivity contribution is -0.136. The van der Waals surface area contributed by atoms with Gasteiger partial charge in [-0.2, -0.15) is 5.10 Å². The number of pyridine rings is 1. The number of nitrogens with one attached hydrogen (secondary N) is 2. The van der Waals surface area contributed by atoms with Gasteiger partial charge in [0.2, 0.25) is 11.8 Å². The molecule has 12 heteroatoms. The number of nitrogens with zero attached hydrogens (tertiary/aromatic N) is 5. The summed E-state index contributed by atoms with van der Waals surface area (Å²) in [5.41, 5.74) is 4.58. The molecule has 4 aromatic rings. The maximum Gasteiger partial charge on any atom is 0.262 e. The predicted molar refractivity (Wildman–Crippen MR) is 157 cm³/mol. The Morgan fingerprint density at radius 3 is 2.59 bits per heavy atom. The number of aryl methyl sites for hydroxylation is 1. The van der Waals surface area contributed by atoms with Gasteiger partial charge >= 0.3 is 0 Å². The molecule has 1 unspecified atom stereocenters. The van der Waals surface area contributed by atoms with E-state index in [-0.39, 0.29) is 35.8 Å². The molecular formula is C32H30FN7O4. The minimum absolute atomic E-state index is 0.0841. The number of fused-ring (bicyclic) bond motifs is 2. The van der Waals surface area contributed by atoms with E-state index in [0.717, 1.165) is 58.6 Å². The molecule has 3 fully saturated rings. The van der Waals surface area contributed by atoms with Crippen molar-refractivity contribution in [2.24, 2.45) is 13.0 Å². The molecule has 2 aliphatic carbocycles. The third kappa shape index (κ3) is 4.22. The van der Waals surface area contributed by atoms with E-state index in [1.807, 2.05) is 19.3 Å². The van der Waals surface area contributed by atoms with Crippen molar-refractivity contribution in [1.82, 2.24) is 29.5 Å². The quantitative estimate of drug-likeness (QED) is 0.310. The highest BCUT2D eigenvalue weighted by Gasteiger charge is 2.44. The number of carbonyl (C=O) groups excluding carboxylic acids is 4. The molecule has 1 saturated heterocycles. The van der Waals surface area contributed by atoms with E-state index in [1.54, 1.807) is 22.8 Å². The highest BCUT2D eigenvalue weighted by molar-refractivity contribution is 6.23. The van der Waals surface area contributed by atoms with Gasteiger partial charge in [-0.1, -0.05) is 0 Å². The Morgan fingerprint density at radius 1 is 1.02 bits per heavy atom.